The van der Waals surface area contributed by atoms with Gasteiger partial charge in [-0.25, -0.2) is 0 Å². The first kappa shape index (κ1) is 14.4. The maximum Gasteiger partial charge on any atom is 0.236 e. The third-order valence-corrected chi connectivity index (χ3v) is 2.41. The van der Waals surface area contributed by atoms with E-state index in [0.29, 0.717) is 12.5 Å². The Balaban J connectivity index is 3.98. The predicted molar refractivity (Wildman–Crippen MR) is 61.6 cm³/mol. The molecule has 0 aromatic rings. The molecule has 15 heavy (non-hydrogen) atoms. The van der Waals surface area contributed by atoms with Crippen LogP contribution < -0.4 is 10.6 Å². The van der Waals surface area contributed by atoms with Gasteiger partial charge in [0.2, 0.25) is 5.91 Å². The zero-order valence-electron chi connectivity index (χ0n) is 10.2. The Hall–Kier alpha value is -0.610. The van der Waals surface area contributed by atoms with Crippen LogP contribution in [0.5, 0.6) is 0 Å². The molecule has 1 amide bonds. The molecule has 4 nitrogen and oxygen atoms in total. The Morgan fingerprint density at radius 3 is 2.33 bits per heavy atom. The smallest absolute Gasteiger partial charge is 0.236 e. The van der Waals surface area contributed by atoms with Crippen molar-refractivity contribution in [2.75, 3.05) is 13.2 Å². The molecule has 0 saturated heterocycles. The molecule has 2 unspecified atom stereocenters. The van der Waals surface area contributed by atoms with E-state index in [1.807, 2.05) is 27.7 Å². The quantitative estimate of drug-likeness (QED) is 0.581. The molecule has 0 fully saturated rings. The van der Waals surface area contributed by atoms with Crippen LogP contribution in [-0.4, -0.2) is 36.2 Å². The Morgan fingerprint density at radius 1 is 1.33 bits per heavy atom. The summed E-state index contributed by atoms with van der Waals surface area (Å²) in [7, 11) is 0. The summed E-state index contributed by atoms with van der Waals surface area (Å²) in [6.45, 7) is 8.63. The van der Waals surface area contributed by atoms with Crippen LogP contribution in [0.15, 0.2) is 0 Å². The van der Waals surface area contributed by atoms with Crippen molar-refractivity contribution in [1.82, 2.24) is 10.6 Å². The maximum atomic E-state index is 11.5. The van der Waals surface area contributed by atoms with Gasteiger partial charge in [0.05, 0.1) is 12.6 Å². The summed E-state index contributed by atoms with van der Waals surface area (Å²) in [5, 5.41) is 15.0. The van der Waals surface area contributed by atoms with E-state index in [9.17, 15) is 4.79 Å². The van der Waals surface area contributed by atoms with Gasteiger partial charge in [-0.3, -0.25) is 4.79 Å². The predicted octanol–water partition coefficient (Wildman–Crippen LogP) is 0.508. The van der Waals surface area contributed by atoms with Crippen molar-refractivity contribution in [1.29, 1.82) is 0 Å². The molecule has 90 valence electrons. The average molecular weight is 216 g/mol. The monoisotopic (exact) mass is 216 g/mol. The minimum atomic E-state index is -0.254. The van der Waals surface area contributed by atoms with E-state index >= 15 is 0 Å². The van der Waals surface area contributed by atoms with Gasteiger partial charge in [-0.1, -0.05) is 20.8 Å². The molecule has 0 aliphatic carbocycles. The van der Waals surface area contributed by atoms with Gasteiger partial charge in [-0.2, -0.15) is 0 Å². The Bertz CT molecular complexity index is 183. The molecule has 0 aliphatic rings. The highest BCUT2D eigenvalue weighted by atomic mass is 16.3. The molecule has 0 aromatic heterocycles. The van der Waals surface area contributed by atoms with E-state index in [4.69, 9.17) is 5.11 Å². The molecule has 0 radical (unpaired) electrons. The SMILES string of the molecule is CCCNC(=O)C(C)NC(CO)C(C)C. The van der Waals surface area contributed by atoms with Gasteiger partial charge in [-0.05, 0) is 19.3 Å². The number of amides is 1. The third kappa shape index (κ3) is 5.74. The van der Waals surface area contributed by atoms with E-state index in [1.165, 1.54) is 0 Å². The minimum absolute atomic E-state index is 0.00375. The summed E-state index contributed by atoms with van der Waals surface area (Å²) >= 11 is 0. The van der Waals surface area contributed by atoms with Gasteiger partial charge in [-0.15, -0.1) is 0 Å². The Labute approximate surface area is 92.4 Å². The van der Waals surface area contributed by atoms with Gasteiger partial charge < -0.3 is 15.7 Å². The maximum absolute atomic E-state index is 11.5. The second-order valence-corrected chi connectivity index (χ2v) is 4.21. The summed E-state index contributed by atoms with van der Waals surface area (Å²) < 4.78 is 0. The van der Waals surface area contributed by atoms with Crippen LogP contribution in [0.25, 0.3) is 0 Å². The van der Waals surface area contributed by atoms with Gasteiger partial charge in [0, 0.05) is 12.6 Å². The standard InChI is InChI=1S/C11H24N2O2/c1-5-6-12-11(15)9(4)13-10(7-14)8(2)3/h8-10,13-14H,5-7H2,1-4H3,(H,12,15). The fraction of sp³-hybridized carbons (Fsp3) is 0.909. The third-order valence-electron chi connectivity index (χ3n) is 2.41. The average Bonchev–Trinajstić information content (AvgIpc) is 2.21. The Kier molecular flexibility index (Phi) is 7.34. The number of nitrogens with one attached hydrogen (secondary N) is 2. The van der Waals surface area contributed by atoms with E-state index in [0.717, 1.165) is 6.42 Å². The number of carbonyl (C=O) groups excluding carboxylic acids is 1. The van der Waals surface area contributed by atoms with E-state index in [-0.39, 0.29) is 24.6 Å². The molecule has 2 atom stereocenters. The number of aliphatic hydroxyl groups excluding tert-OH is 1. The first-order valence-electron chi connectivity index (χ1n) is 5.67. The summed E-state index contributed by atoms with van der Waals surface area (Å²) in [4.78, 5) is 11.5. The van der Waals surface area contributed by atoms with Crippen molar-refractivity contribution in [2.45, 2.75) is 46.2 Å². The largest absolute Gasteiger partial charge is 0.395 e. The molecule has 0 rings (SSSR count). The van der Waals surface area contributed by atoms with Gasteiger partial charge in [0.25, 0.3) is 0 Å². The van der Waals surface area contributed by atoms with Gasteiger partial charge in [0.1, 0.15) is 0 Å². The molecule has 4 heteroatoms. The lowest BCUT2D eigenvalue weighted by Crippen LogP contribution is -2.49. The molecular weight excluding hydrogens is 192 g/mol. The van der Waals surface area contributed by atoms with E-state index < -0.39 is 0 Å². The van der Waals surface area contributed by atoms with Crippen LogP contribution in [0.1, 0.15) is 34.1 Å². The van der Waals surface area contributed by atoms with Crippen molar-refractivity contribution in [3.05, 3.63) is 0 Å². The summed E-state index contributed by atoms with van der Waals surface area (Å²) in [6.07, 6.45) is 0.937. The summed E-state index contributed by atoms with van der Waals surface area (Å²) in [5.74, 6) is 0.312. The highest BCUT2D eigenvalue weighted by molar-refractivity contribution is 5.81. The molecular formula is C11H24N2O2. The van der Waals surface area contributed by atoms with Crippen molar-refractivity contribution >= 4 is 5.91 Å². The van der Waals surface area contributed by atoms with E-state index in [2.05, 4.69) is 10.6 Å². The van der Waals surface area contributed by atoms with Crippen molar-refractivity contribution < 1.29 is 9.90 Å². The fourth-order valence-corrected chi connectivity index (χ4v) is 1.25. The lowest BCUT2D eigenvalue weighted by atomic mass is 10.0. The molecule has 0 bridgehead atoms. The highest BCUT2D eigenvalue weighted by Gasteiger charge is 2.18. The number of hydrogen-bond acceptors (Lipinski definition) is 3. The second kappa shape index (κ2) is 7.65. The molecule has 0 spiro atoms. The van der Waals surface area contributed by atoms with Gasteiger partial charge in [0.15, 0.2) is 0 Å². The van der Waals surface area contributed by atoms with Crippen LogP contribution in [-0.2, 0) is 4.79 Å². The highest BCUT2D eigenvalue weighted by Crippen LogP contribution is 2.01. The first-order chi connectivity index (χ1) is 7.02. The molecule has 0 aromatic carbocycles. The van der Waals surface area contributed by atoms with Gasteiger partial charge >= 0.3 is 0 Å². The van der Waals surface area contributed by atoms with Crippen molar-refractivity contribution in [2.24, 2.45) is 5.92 Å². The lowest BCUT2D eigenvalue weighted by molar-refractivity contribution is -0.123. The van der Waals surface area contributed by atoms with Crippen LogP contribution >= 0.6 is 0 Å². The van der Waals surface area contributed by atoms with Crippen molar-refractivity contribution in [3.63, 3.8) is 0 Å². The van der Waals surface area contributed by atoms with Crippen LogP contribution in [0, 0.1) is 5.92 Å². The lowest BCUT2D eigenvalue weighted by Gasteiger charge is -2.24. The molecule has 0 saturated carbocycles. The van der Waals surface area contributed by atoms with Crippen LogP contribution in [0.4, 0.5) is 0 Å². The fourth-order valence-electron chi connectivity index (χ4n) is 1.25. The minimum Gasteiger partial charge on any atom is -0.395 e. The zero-order chi connectivity index (χ0) is 11.8. The second-order valence-electron chi connectivity index (χ2n) is 4.21. The number of carbonyl (C=O) groups is 1. The number of rotatable bonds is 7. The summed E-state index contributed by atoms with van der Waals surface area (Å²) in [5.41, 5.74) is 0. The number of aliphatic hydroxyl groups is 1. The molecule has 0 aliphatic heterocycles. The topological polar surface area (TPSA) is 61.4 Å². The van der Waals surface area contributed by atoms with Crippen LogP contribution in [0.2, 0.25) is 0 Å². The first-order valence-corrected chi connectivity index (χ1v) is 5.67. The van der Waals surface area contributed by atoms with Crippen molar-refractivity contribution in [3.8, 4) is 0 Å². The molecule has 3 N–H and O–H groups in total. The number of hydrogen-bond donors (Lipinski definition) is 3. The Morgan fingerprint density at radius 2 is 1.93 bits per heavy atom. The van der Waals surface area contributed by atoms with Crippen LogP contribution in [0.3, 0.4) is 0 Å². The van der Waals surface area contributed by atoms with E-state index in [1.54, 1.807) is 0 Å². The molecule has 0 heterocycles. The zero-order valence-corrected chi connectivity index (χ0v) is 10.2. The summed E-state index contributed by atoms with van der Waals surface area (Å²) in [6, 6.07) is -0.275. The normalized spacial score (nSPS) is 15.1.